The summed E-state index contributed by atoms with van der Waals surface area (Å²) >= 11 is 1.20. The smallest absolute Gasteiger partial charge is 0.244 e. The van der Waals surface area contributed by atoms with E-state index in [2.05, 4.69) is 10.3 Å². The van der Waals surface area contributed by atoms with E-state index in [9.17, 15) is 17.6 Å². The van der Waals surface area contributed by atoms with Gasteiger partial charge in [0.25, 0.3) is 0 Å². The van der Waals surface area contributed by atoms with E-state index in [1.54, 1.807) is 18.2 Å². The monoisotopic (exact) mass is 409 g/mol. The molecular formula is C18H20FN3O3S2. The summed E-state index contributed by atoms with van der Waals surface area (Å²) in [5.74, 6) is -0.539. The minimum Gasteiger partial charge on any atom is -0.352 e. The van der Waals surface area contributed by atoms with E-state index >= 15 is 0 Å². The number of benzene rings is 1. The Balaban J connectivity index is 1.83. The van der Waals surface area contributed by atoms with Crippen LogP contribution in [0.1, 0.15) is 23.7 Å². The zero-order valence-corrected chi connectivity index (χ0v) is 16.6. The van der Waals surface area contributed by atoms with Gasteiger partial charge >= 0.3 is 0 Å². The van der Waals surface area contributed by atoms with Crippen LogP contribution in [-0.4, -0.2) is 43.8 Å². The van der Waals surface area contributed by atoms with E-state index in [4.69, 9.17) is 0 Å². The van der Waals surface area contributed by atoms with Crippen LogP contribution in [0.25, 0.3) is 0 Å². The normalized spacial score (nSPS) is 15.6. The fourth-order valence-electron chi connectivity index (χ4n) is 2.34. The summed E-state index contributed by atoms with van der Waals surface area (Å²) in [6.07, 6.45) is 3.20. The minimum absolute atomic E-state index is 0.0811. The van der Waals surface area contributed by atoms with Gasteiger partial charge < -0.3 is 5.32 Å². The topological polar surface area (TPSA) is 79.4 Å². The molecule has 0 aliphatic heterocycles. The lowest BCUT2D eigenvalue weighted by atomic mass is 10.1. The molecule has 2 aromatic rings. The molecule has 27 heavy (non-hydrogen) atoms. The average molecular weight is 410 g/mol. The van der Waals surface area contributed by atoms with Gasteiger partial charge in [-0.1, -0.05) is 23.9 Å². The number of sulfonamides is 1. The third-order valence-corrected chi connectivity index (χ3v) is 7.06. The van der Waals surface area contributed by atoms with E-state index < -0.39 is 15.3 Å². The molecule has 0 radical (unpaired) electrons. The molecule has 9 heteroatoms. The average Bonchev–Trinajstić information content (AvgIpc) is 3.44. The molecule has 1 N–H and O–H groups in total. The molecule has 1 aliphatic rings. The lowest BCUT2D eigenvalue weighted by Gasteiger charge is -2.17. The number of carbonyl (C=O) groups is 1. The Morgan fingerprint density at radius 1 is 1.22 bits per heavy atom. The van der Waals surface area contributed by atoms with Crippen molar-refractivity contribution < 1.29 is 17.6 Å². The molecular weight excluding hydrogens is 389 g/mol. The summed E-state index contributed by atoms with van der Waals surface area (Å²) in [5, 5.41) is 2.86. The van der Waals surface area contributed by atoms with E-state index in [-0.39, 0.29) is 22.7 Å². The summed E-state index contributed by atoms with van der Waals surface area (Å²) in [4.78, 5) is 16.9. The number of rotatable bonds is 7. The van der Waals surface area contributed by atoms with Gasteiger partial charge in [-0.05, 0) is 42.7 Å². The van der Waals surface area contributed by atoms with Crippen LogP contribution in [0.3, 0.4) is 0 Å². The Hall–Kier alpha value is -1.97. The maximum absolute atomic E-state index is 13.2. The summed E-state index contributed by atoms with van der Waals surface area (Å²) in [5.41, 5.74) is 0.659. The highest BCUT2D eigenvalue weighted by atomic mass is 32.2. The molecule has 6 nitrogen and oxygen atoms in total. The number of hydrogen-bond acceptors (Lipinski definition) is 5. The third kappa shape index (κ3) is 4.85. The quantitative estimate of drug-likeness (QED) is 0.711. The summed E-state index contributed by atoms with van der Waals surface area (Å²) in [7, 11) is -0.664. The molecule has 1 heterocycles. The molecule has 1 aromatic carbocycles. The number of carbonyl (C=O) groups excluding carboxylic acids is 1. The molecule has 144 valence electrons. The number of hydrogen-bond donors (Lipinski definition) is 1. The molecule has 0 saturated heterocycles. The number of nitrogens with zero attached hydrogens (tertiary/aromatic N) is 2. The first kappa shape index (κ1) is 19.8. The zero-order chi connectivity index (χ0) is 19.6. The van der Waals surface area contributed by atoms with Crippen molar-refractivity contribution in [1.82, 2.24) is 14.6 Å². The van der Waals surface area contributed by atoms with Crippen molar-refractivity contribution in [2.45, 2.75) is 34.1 Å². The Morgan fingerprint density at radius 3 is 2.41 bits per heavy atom. The predicted octanol–water partition coefficient (Wildman–Crippen LogP) is 2.58. The van der Waals surface area contributed by atoms with Gasteiger partial charge in [0.1, 0.15) is 16.0 Å². The molecule has 1 fully saturated rings. The number of amides is 1. The highest BCUT2D eigenvalue weighted by Crippen LogP contribution is 2.36. The van der Waals surface area contributed by atoms with E-state index in [1.807, 2.05) is 0 Å². The molecule has 0 unspecified atom stereocenters. The first-order chi connectivity index (χ1) is 12.8. The van der Waals surface area contributed by atoms with Crippen LogP contribution in [-0.2, 0) is 14.8 Å². The van der Waals surface area contributed by atoms with Crippen molar-refractivity contribution in [3.63, 3.8) is 0 Å². The molecule has 1 aliphatic carbocycles. The predicted molar refractivity (Wildman–Crippen MR) is 101 cm³/mol. The number of halogens is 1. The van der Waals surface area contributed by atoms with Gasteiger partial charge in [0.2, 0.25) is 15.9 Å². The fourth-order valence-corrected chi connectivity index (χ4v) is 4.15. The summed E-state index contributed by atoms with van der Waals surface area (Å²) in [6, 6.07) is 9.00. The summed E-state index contributed by atoms with van der Waals surface area (Å²) < 4.78 is 38.6. The van der Waals surface area contributed by atoms with Gasteiger partial charge in [0.05, 0.1) is 5.03 Å². The van der Waals surface area contributed by atoms with Crippen LogP contribution < -0.4 is 5.32 Å². The molecule has 0 spiro atoms. The standard InChI is InChI=1S/C18H20FN3O3S2/c1-22(2)27(24,25)15-9-10-16(20-11-15)26-17(18(23)21-14-7-8-14)12-3-5-13(19)6-4-12/h3-6,9-11,14,17H,7-8H2,1-2H3,(H,21,23)/t17-/m0/s1. The first-order valence-corrected chi connectivity index (χ1v) is 10.7. The Labute approximate surface area is 162 Å². The fraction of sp³-hybridized carbons (Fsp3) is 0.333. The first-order valence-electron chi connectivity index (χ1n) is 8.38. The SMILES string of the molecule is CN(C)S(=O)(=O)c1ccc(S[C@H](C(=O)NC2CC2)c2ccc(F)cc2)nc1. The van der Waals surface area contributed by atoms with E-state index in [0.29, 0.717) is 10.6 Å². The van der Waals surface area contributed by atoms with Gasteiger partial charge in [0.15, 0.2) is 0 Å². The second-order valence-corrected chi connectivity index (χ2v) is 9.73. The Bertz CT molecular complexity index is 912. The van der Waals surface area contributed by atoms with Crippen LogP contribution in [0.5, 0.6) is 0 Å². The van der Waals surface area contributed by atoms with Crippen LogP contribution >= 0.6 is 11.8 Å². The van der Waals surface area contributed by atoms with E-state index in [0.717, 1.165) is 17.1 Å². The highest BCUT2D eigenvalue weighted by molar-refractivity contribution is 8.00. The Kier molecular flexibility index (Phi) is 5.83. The molecule has 1 aromatic heterocycles. The van der Waals surface area contributed by atoms with Gasteiger partial charge in [-0.2, -0.15) is 0 Å². The molecule has 3 rings (SSSR count). The molecule has 1 saturated carbocycles. The lowest BCUT2D eigenvalue weighted by molar-refractivity contribution is -0.120. The van der Waals surface area contributed by atoms with Crippen LogP contribution in [0.2, 0.25) is 0 Å². The van der Waals surface area contributed by atoms with Gasteiger partial charge in [-0.3, -0.25) is 4.79 Å². The van der Waals surface area contributed by atoms with Gasteiger partial charge in [-0.25, -0.2) is 22.1 Å². The largest absolute Gasteiger partial charge is 0.352 e. The van der Waals surface area contributed by atoms with Crippen LogP contribution in [0.4, 0.5) is 4.39 Å². The van der Waals surface area contributed by atoms with Crippen molar-refractivity contribution in [3.8, 4) is 0 Å². The van der Waals surface area contributed by atoms with Crippen LogP contribution in [0, 0.1) is 5.82 Å². The molecule has 0 bridgehead atoms. The van der Waals surface area contributed by atoms with Gasteiger partial charge in [-0.15, -0.1) is 0 Å². The van der Waals surface area contributed by atoms with E-state index in [1.165, 1.54) is 50.3 Å². The second-order valence-electron chi connectivity index (χ2n) is 6.45. The molecule has 1 atom stereocenters. The second kappa shape index (κ2) is 7.95. The van der Waals surface area contributed by atoms with Crippen LogP contribution in [0.15, 0.2) is 52.5 Å². The minimum atomic E-state index is -3.56. The van der Waals surface area contributed by atoms with Gasteiger partial charge in [0, 0.05) is 26.3 Å². The van der Waals surface area contributed by atoms with Crippen molar-refractivity contribution >= 4 is 27.7 Å². The maximum atomic E-state index is 13.2. The Morgan fingerprint density at radius 2 is 1.89 bits per heavy atom. The van der Waals surface area contributed by atoms with Crippen molar-refractivity contribution in [2.24, 2.45) is 0 Å². The molecule has 1 amide bonds. The number of nitrogens with one attached hydrogen (secondary N) is 1. The maximum Gasteiger partial charge on any atom is 0.244 e. The zero-order valence-electron chi connectivity index (χ0n) is 14.9. The summed E-state index contributed by atoms with van der Waals surface area (Å²) in [6.45, 7) is 0. The third-order valence-electron chi connectivity index (χ3n) is 4.06. The number of pyridine rings is 1. The number of thioether (sulfide) groups is 1. The lowest BCUT2D eigenvalue weighted by Crippen LogP contribution is -2.29. The van der Waals surface area contributed by atoms with Crippen molar-refractivity contribution in [1.29, 1.82) is 0 Å². The highest BCUT2D eigenvalue weighted by Gasteiger charge is 2.29. The van der Waals surface area contributed by atoms with Crippen molar-refractivity contribution in [2.75, 3.05) is 14.1 Å². The number of aromatic nitrogens is 1. The van der Waals surface area contributed by atoms with Crippen molar-refractivity contribution in [3.05, 3.63) is 54.0 Å².